The third-order valence-electron chi connectivity index (χ3n) is 2.82. The molecule has 0 aliphatic carbocycles. The van der Waals surface area contributed by atoms with Crippen LogP contribution in [0.25, 0.3) is 0 Å². The molecule has 1 atom stereocenters. The monoisotopic (exact) mass is 395 g/mol. The fourth-order valence-corrected chi connectivity index (χ4v) is 2.62. The van der Waals surface area contributed by atoms with Crippen LogP contribution >= 0.6 is 45.8 Å². The predicted molar refractivity (Wildman–Crippen MR) is 84.4 cm³/mol. The van der Waals surface area contributed by atoms with Gasteiger partial charge in [-0.2, -0.15) is 5.10 Å². The number of nitrogen functional groups attached to an aromatic ring is 1. The van der Waals surface area contributed by atoms with Crippen LogP contribution in [0.2, 0.25) is 10.0 Å². The number of nitrogens with zero attached hydrogens (tertiary/aromatic N) is 2. The topological polar surface area (TPSA) is 43.8 Å². The van der Waals surface area contributed by atoms with Crippen LogP contribution in [0.15, 0.2) is 18.2 Å². The maximum atomic E-state index is 6.20. The van der Waals surface area contributed by atoms with Crippen molar-refractivity contribution < 1.29 is 0 Å². The number of aromatic nitrogens is 2. The molecule has 0 fully saturated rings. The lowest BCUT2D eigenvalue weighted by Crippen LogP contribution is -2.12. The van der Waals surface area contributed by atoms with Gasteiger partial charge in [0, 0.05) is 10.0 Å². The van der Waals surface area contributed by atoms with Gasteiger partial charge in [0.25, 0.3) is 0 Å². The van der Waals surface area contributed by atoms with Crippen LogP contribution in [0.3, 0.4) is 0 Å². The van der Waals surface area contributed by atoms with Crippen molar-refractivity contribution in [3.8, 4) is 0 Å². The van der Waals surface area contributed by atoms with Crippen LogP contribution in [-0.4, -0.2) is 9.78 Å². The van der Waals surface area contributed by atoms with E-state index in [0.717, 1.165) is 14.8 Å². The molecular formula is C12H12Cl2IN3. The molecule has 1 unspecified atom stereocenters. The standard InChI is InChI=1S/C12H12Cl2IN3/c1-6-11(15)12(16)18(17-6)7(2)9-5-8(13)3-4-10(9)14/h3-5,7H,16H2,1-2H3. The molecule has 0 aliphatic heterocycles. The summed E-state index contributed by atoms with van der Waals surface area (Å²) in [5, 5.41) is 5.75. The molecule has 1 aromatic carbocycles. The minimum atomic E-state index is -0.0570. The molecule has 0 spiro atoms. The second-order valence-corrected chi connectivity index (χ2v) is 5.99. The van der Waals surface area contributed by atoms with E-state index in [-0.39, 0.29) is 6.04 Å². The van der Waals surface area contributed by atoms with Crippen LogP contribution in [0.1, 0.15) is 24.2 Å². The normalized spacial score (nSPS) is 12.7. The summed E-state index contributed by atoms with van der Waals surface area (Å²) in [6.45, 7) is 3.93. The molecule has 18 heavy (non-hydrogen) atoms. The summed E-state index contributed by atoms with van der Waals surface area (Å²) in [5.74, 6) is 0.650. The Morgan fingerprint density at radius 2 is 2.06 bits per heavy atom. The smallest absolute Gasteiger partial charge is 0.136 e. The number of aryl methyl sites for hydroxylation is 1. The quantitative estimate of drug-likeness (QED) is 0.770. The second kappa shape index (κ2) is 5.27. The number of halogens is 3. The number of benzene rings is 1. The first kappa shape index (κ1) is 14.0. The predicted octanol–water partition coefficient (Wildman–Crippen LogP) is 4.29. The van der Waals surface area contributed by atoms with E-state index in [0.29, 0.717) is 15.9 Å². The van der Waals surface area contributed by atoms with Crippen LogP contribution in [0.4, 0.5) is 5.82 Å². The van der Waals surface area contributed by atoms with Crippen LogP contribution < -0.4 is 5.73 Å². The first-order valence-electron chi connectivity index (χ1n) is 5.37. The maximum absolute atomic E-state index is 6.20. The van der Waals surface area contributed by atoms with Crippen molar-refractivity contribution in [2.75, 3.05) is 5.73 Å². The highest BCUT2D eigenvalue weighted by molar-refractivity contribution is 14.1. The summed E-state index contributed by atoms with van der Waals surface area (Å²) < 4.78 is 2.74. The van der Waals surface area contributed by atoms with Crippen LogP contribution in [0, 0.1) is 10.5 Å². The largest absolute Gasteiger partial charge is 0.383 e. The summed E-state index contributed by atoms with van der Waals surface area (Å²) in [6, 6.07) is 5.34. The Hall–Kier alpha value is -0.460. The Bertz CT molecular complexity index is 595. The molecule has 0 bridgehead atoms. The molecule has 0 radical (unpaired) electrons. The van der Waals surface area contributed by atoms with E-state index >= 15 is 0 Å². The maximum Gasteiger partial charge on any atom is 0.136 e. The minimum absolute atomic E-state index is 0.0570. The summed E-state index contributed by atoms with van der Waals surface area (Å²) in [6.07, 6.45) is 0. The fraction of sp³-hybridized carbons (Fsp3) is 0.250. The Balaban J connectivity index is 2.50. The molecule has 1 heterocycles. The first-order chi connectivity index (χ1) is 8.41. The third kappa shape index (κ3) is 2.46. The minimum Gasteiger partial charge on any atom is -0.383 e. The zero-order chi connectivity index (χ0) is 13.4. The molecule has 0 saturated heterocycles. The van der Waals surface area contributed by atoms with Gasteiger partial charge in [-0.15, -0.1) is 0 Å². The molecule has 1 aromatic heterocycles. The van der Waals surface area contributed by atoms with Gasteiger partial charge in [0.15, 0.2) is 0 Å². The molecule has 0 aliphatic rings. The number of nitrogens with two attached hydrogens (primary N) is 1. The summed E-state index contributed by atoms with van der Waals surface area (Å²) >= 11 is 14.4. The van der Waals surface area contributed by atoms with E-state index in [2.05, 4.69) is 27.7 Å². The van der Waals surface area contributed by atoms with Crippen molar-refractivity contribution in [2.24, 2.45) is 0 Å². The van der Waals surface area contributed by atoms with E-state index in [1.165, 1.54) is 0 Å². The molecular weight excluding hydrogens is 384 g/mol. The SMILES string of the molecule is Cc1nn(C(C)c2cc(Cl)ccc2Cl)c(N)c1I. The molecule has 6 heteroatoms. The van der Waals surface area contributed by atoms with E-state index in [1.807, 2.05) is 19.9 Å². The number of anilines is 1. The van der Waals surface area contributed by atoms with E-state index < -0.39 is 0 Å². The Morgan fingerprint density at radius 3 is 2.61 bits per heavy atom. The van der Waals surface area contributed by atoms with Gasteiger partial charge in [-0.1, -0.05) is 23.2 Å². The average Bonchev–Trinajstić information content (AvgIpc) is 2.59. The van der Waals surface area contributed by atoms with Gasteiger partial charge >= 0.3 is 0 Å². The highest BCUT2D eigenvalue weighted by Gasteiger charge is 2.18. The number of hydrogen-bond donors (Lipinski definition) is 1. The highest BCUT2D eigenvalue weighted by atomic mass is 127. The van der Waals surface area contributed by atoms with Crippen molar-refractivity contribution in [1.82, 2.24) is 9.78 Å². The highest BCUT2D eigenvalue weighted by Crippen LogP contribution is 2.31. The summed E-state index contributed by atoms with van der Waals surface area (Å²) in [5.41, 5.74) is 7.87. The fourth-order valence-electron chi connectivity index (χ4n) is 1.81. The van der Waals surface area contributed by atoms with Gasteiger partial charge in [-0.25, -0.2) is 4.68 Å². The molecule has 96 valence electrons. The second-order valence-electron chi connectivity index (χ2n) is 4.07. The molecule has 3 nitrogen and oxygen atoms in total. The average molecular weight is 396 g/mol. The van der Waals surface area contributed by atoms with Gasteiger partial charge in [-0.3, -0.25) is 0 Å². The van der Waals surface area contributed by atoms with Gasteiger partial charge in [-0.05, 0) is 60.2 Å². The lowest BCUT2D eigenvalue weighted by molar-refractivity contribution is 0.569. The van der Waals surface area contributed by atoms with E-state index in [4.69, 9.17) is 28.9 Å². The first-order valence-corrected chi connectivity index (χ1v) is 7.20. The Labute approximate surface area is 129 Å². The zero-order valence-corrected chi connectivity index (χ0v) is 13.6. The van der Waals surface area contributed by atoms with Crippen molar-refractivity contribution in [3.63, 3.8) is 0 Å². The van der Waals surface area contributed by atoms with Crippen LogP contribution in [0.5, 0.6) is 0 Å². The van der Waals surface area contributed by atoms with Crippen molar-refractivity contribution in [3.05, 3.63) is 43.1 Å². The summed E-state index contributed by atoms with van der Waals surface area (Å²) in [7, 11) is 0. The van der Waals surface area contributed by atoms with Crippen molar-refractivity contribution in [1.29, 1.82) is 0 Å². The van der Waals surface area contributed by atoms with Gasteiger partial charge in [0.2, 0.25) is 0 Å². The third-order valence-corrected chi connectivity index (χ3v) is 4.73. The number of hydrogen-bond acceptors (Lipinski definition) is 2. The molecule has 2 rings (SSSR count). The van der Waals surface area contributed by atoms with E-state index in [9.17, 15) is 0 Å². The van der Waals surface area contributed by atoms with Crippen molar-refractivity contribution in [2.45, 2.75) is 19.9 Å². The number of rotatable bonds is 2. The van der Waals surface area contributed by atoms with Gasteiger partial charge in [0.1, 0.15) is 5.82 Å². The Kier molecular flexibility index (Phi) is 4.08. The molecule has 0 amide bonds. The lowest BCUT2D eigenvalue weighted by atomic mass is 10.1. The van der Waals surface area contributed by atoms with Gasteiger partial charge in [0.05, 0.1) is 15.3 Å². The molecule has 0 saturated carbocycles. The van der Waals surface area contributed by atoms with Crippen molar-refractivity contribution >= 4 is 51.6 Å². The van der Waals surface area contributed by atoms with Crippen LogP contribution in [-0.2, 0) is 0 Å². The summed E-state index contributed by atoms with van der Waals surface area (Å²) in [4.78, 5) is 0. The Morgan fingerprint density at radius 1 is 1.39 bits per heavy atom. The molecule has 2 N–H and O–H groups in total. The van der Waals surface area contributed by atoms with E-state index in [1.54, 1.807) is 16.8 Å². The molecule has 2 aromatic rings. The van der Waals surface area contributed by atoms with Gasteiger partial charge < -0.3 is 5.73 Å². The zero-order valence-electron chi connectivity index (χ0n) is 9.92. The lowest BCUT2D eigenvalue weighted by Gasteiger charge is -2.16.